The lowest BCUT2D eigenvalue weighted by Crippen LogP contribution is -2.56. The largest absolute Gasteiger partial charge is 0.275 e. The summed E-state index contributed by atoms with van der Waals surface area (Å²) >= 11 is 0. The Labute approximate surface area is 102 Å². The Morgan fingerprint density at radius 1 is 1.39 bits per heavy atom. The Morgan fingerprint density at radius 3 is 2.50 bits per heavy atom. The van der Waals surface area contributed by atoms with Crippen molar-refractivity contribution in [1.82, 2.24) is 4.31 Å². The van der Waals surface area contributed by atoms with Crippen LogP contribution in [-0.4, -0.2) is 32.4 Å². The fourth-order valence-corrected chi connectivity index (χ4v) is 2.81. The molecule has 98 valence electrons. The van der Waals surface area contributed by atoms with Crippen molar-refractivity contribution in [2.24, 2.45) is 0 Å². The highest BCUT2D eigenvalue weighted by atomic mass is 32.2. The van der Waals surface area contributed by atoms with Gasteiger partial charge in [-0.2, -0.15) is 0 Å². The highest BCUT2D eigenvalue weighted by molar-refractivity contribution is 7.82. The number of benzene rings is 1. The van der Waals surface area contributed by atoms with Crippen molar-refractivity contribution in [3.05, 3.63) is 34.1 Å². The lowest BCUT2D eigenvalue weighted by Gasteiger charge is -2.37. The summed E-state index contributed by atoms with van der Waals surface area (Å²) < 4.78 is 51.2. The minimum atomic E-state index is -2.94. The maximum absolute atomic E-state index is 13.4. The number of halogens is 3. The lowest BCUT2D eigenvalue weighted by molar-refractivity contribution is -0.385. The molecule has 1 heterocycles. The predicted molar refractivity (Wildman–Crippen MR) is 56.0 cm³/mol. The number of rotatable bonds is 3. The van der Waals surface area contributed by atoms with Crippen molar-refractivity contribution in [2.45, 2.75) is 10.8 Å². The molecule has 0 saturated carbocycles. The van der Waals surface area contributed by atoms with Gasteiger partial charge >= 0.3 is 0 Å². The fourth-order valence-electron chi connectivity index (χ4n) is 1.47. The van der Waals surface area contributed by atoms with E-state index in [4.69, 9.17) is 0 Å². The average molecular weight is 280 g/mol. The van der Waals surface area contributed by atoms with Crippen molar-refractivity contribution >= 4 is 16.7 Å². The minimum absolute atomic E-state index is 0.438. The van der Waals surface area contributed by atoms with Gasteiger partial charge in [-0.15, -0.1) is 0 Å². The van der Waals surface area contributed by atoms with Crippen molar-refractivity contribution < 1.29 is 22.3 Å². The van der Waals surface area contributed by atoms with Gasteiger partial charge in [-0.1, -0.05) is 0 Å². The molecule has 9 heteroatoms. The summed E-state index contributed by atoms with van der Waals surface area (Å²) in [4.78, 5) is 9.26. The van der Waals surface area contributed by atoms with Crippen LogP contribution in [0.25, 0.3) is 0 Å². The van der Waals surface area contributed by atoms with Crippen LogP contribution in [0.2, 0.25) is 0 Å². The molecule has 1 atom stereocenters. The quantitative estimate of drug-likeness (QED) is 0.625. The van der Waals surface area contributed by atoms with E-state index in [-0.39, 0.29) is 0 Å². The van der Waals surface area contributed by atoms with Crippen LogP contribution < -0.4 is 0 Å². The van der Waals surface area contributed by atoms with E-state index in [1.54, 1.807) is 0 Å². The van der Waals surface area contributed by atoms with E-state index in [9.17, 15) is 27.5 Å². The molecule has 0 bridgehead atoms. The molecule has 0 spiro atoms. The van der Waals surface area contributed by atoms with Crippen LogP contribution in [0, 0.1) is 15.9 Å². The minimum Gasteiger partial charge on any atom is -0.258 e. The standard InChI is InChI=1S/C9H7F3N2O3S/c10-7-2-1-6(14(15)16)3-8(7)18(17)13-4-9(11,12)5-13/h1-3H,4-5H2. The van der Waals surface area contributed by atoms with E-state index in [1.165, 1.54) is 0 Å². The van der Waals surface area contributed by atoms with E-state index in [2.05, 4.69) is 0 Å². The lowest BCUT2D eigenvalue weighted by atomic mass is 10.2. The molecule has 0 aromatic heterocycles. The first kappa shape index (κ1) is 13.0. The van der Waals surface area contributed by atoms with Gasteiger partial charge < -0.3 is 0 Å². The first-order chi connectivity index (χ1) is 8.30. The van der Waals surface area contributed by atoms with Gasteiger partial charge in [0.15, 0.2) is 0 Å². The van der Waals surface area contributed by atoms with Crippen LogP contribution in [0.1, 0.15) is 0 Å². The van der Waals surface area contributed by atoms with Gasteiger partial charge in [-0.3, -0.25) is 10.1 Å². The SMILES string of the molecule is O=[N+]([O-])c1ccc(F)c(S(=O)N2CC(F)(F)C2)c1. The third-order valence-corrected chi connectivity index (χ3v) is 3.78. The molecule has 0 radical (unpaired) electrons. The number of nitrogens with zero attached hydrogens (tertiary/aromatic N) is 2. The van der Waals surface area contributed by atoms with E-state index < -0.39 is 51.3 Å². The number of nitro benzene ring substituents is 1. The van der Waals surface area contributed by atoms with Gasteiger partial charge in [0, 0.05) is 12.1 Å². The molecule has 1 aliphatic heterocycles. The summed E-state index contributed by atoms with van der Waals surface area (Å²) in [6.45, 7) is -1.50. The summed E-state index contributed by atoms with van der Waals surface area (Å²) in [6, 6.07) is 2.51. The normalized spacial score (nSPS) is 20.2. The molecule has 1 aromatic carbocycles. The van der Waals surface area contributed by atoms with Gasteiger partial charge in [-0.05, 0) is 6.07 Å². The molecule has 1 aromatic rings. The molecule has 0 aliphatic carbocycles. The average Bonchev–Trinajstić information content (AvgIpc) is 2.25. The summed E-state index contributed by atoms with van der Waals surface area (Å²) in [5.41, 5.74) is -0.438. The van der Waals surface area contributed by atoms with Crippen molar-refractivity contribution in [1.29, 1.82) is 0 Å². The molecule has 2 rings (SSSR count). The number of hydrogen-bond donors (Lipinski definition) is 0. The number of non-ortho nitro benzene ring substituents is 1. The Balaban J connectivity index is 2.25. The highest BCUT2D eigenvalue weighted by Gasteiger charge is 2.47. The van der Waals surface area contributed by atoms with Crippen LogP contribution in [-0.2, 0) is 11.0 Å². The zero-order chi connectivity index (χ0) is 13.5. The first-order valence-corrected chi connectivity index (χ1v) is 5.89. The maximum atomic E-state index is 13.4. The molecular weight excluding hydrogens is 273 g/mol. The van der Waals surface area contributed by atoms with Gasteiger partial charge in [0.25, 0.3) is 11.6 Å². The number of alkyl halides is 2. The van der Waals surface area contributed by atoms with Crippen molar-refractivity contribution in [3.63, 3.8) is 0 Å². The van der Waals surface area contributed by atoms with Crippen LogP contribution in [0.4, 0.5) is 18.9 Å². The van der Waals surface area contributed by atoms with Crippen molar-refractivity contribution in [2.75, 3.05) is 13.1 Å². The van der Waals surface area contributed by atoms with E-state index in [0.717, 1.165) is 22.5 Å². The van der Waals surface area contributed by atoms with E-state index in [0.29, 0.717) is 0 Å². The molecule has 18 heavy (non-hydrogen) atoms. The van der Waals surface area contributed by atoms with Crippen LogP contribution in [0.5, 0.6) is 0 Å². The monoisotopic (exact) mass is 280 g/mol. The molecule has 5 nitrogen and oxygen atoms in total. The molecule has 1 saturated heterocycles. The third-order valence-electron chi connectivity index (χ3n) is 2.36. The number of hydrogen-bond acceptors (Lipinski definition) is 3. The van der Waals surface area contributed by atoms with Crippen molar-refractivity contribution in [3.8, 4) is 0 Å². The third kappa shape index (κ3) is 2.36. The fraction of sp³-hybridized carbons (Fsp3) is 0.333. The Kier molecular flexibility index (Phi) is 3.11. The highest BCUT2D eigenvalue weighted by Crippen LogP contribution is 2.31. The van der Waals surface area contributed by atoms with Gasteiger partial charge in [0.1, 0.15) is 16.8 Å². The Hall–Kier alpha value is -1.48. The summed E-state index contributed by atoms with van der Waals surface area (Å²) in [7, 11) is -2.15. The summed E-state index contributed by atoms with van der Waals surface area (Å²) in [5.74, 6) is -3.86. The first-order valence-electron chi connectivity index (χ1n) is 4.79. The van der Waals surface area contributed by atoms with Gasteiger partial charge in [0.05, 0.1) is 22.9 Å². The molecule has 0 amide bonds. The van der Waals surface area contributed by atoms with Crippen LogP contribution >= 0.6 is 0 Å². The molecule has 1 unspecified atom stereocenters. The zero-order valence-corrected chi connectivity index (χ0v) is 9.62. The molecule has 0 N–H and O–H groups in total. The number of nitro groups is 1. The van der Waals surface area contributed by atoms with Gasteiger partial charge in [0.2, 0.25) is 0 Å². The molecule has 1 fully saturated rings. The Bertz CT molecular complexity index is 530. The summed E-state index contributed by atoms with van der Waals surface area (Å²) in [5, 5.41) is 10.5. The summed E-state index contributed by atoms with van der Waals surface area (Å²) in [6.07, 6.45) is 0. The van der Waals surface area contributed by atoms with Crippen LogP contribution in [0.3, 0.4) is 0 Å². The zero-order valence-electron chi connectivity index (χ0n) is 8.81. The second kappa shape index (κ2) is 4.32. The van der Waals surface area contributed by atoms with E-state index in [1.807, 2.05) is 0 Å². The molecule has 1 aliphatic rings. The second-order valence-corrected chi connectivity index (χ2v) is 5.23. The Morgan fingerprint density at radius 2 is 2.00 bits per heavy atom. The second-order valence-electron chi connectivity index (χ2n) is 3.77. The van der Waals surface area contributed by atoms with Gasteiger partial charge in [-0.25, -0.2) is 21.7 Å². The smallest absolute Gasteiger partial charge is 0.258 e. The molecular formula is C9H7F3N2O3S. The van der Waals surface area contributed by atoms with E-state index >= 15 is 0 Å². The topological polar surface area (TPSA) is 63.5 Å². The van der Waals surface area contributed by atoms with Crippen LogP contribution in [0.15, 0.2) is 23.1 Å². The predicted octanol–water partition coefficient (Wildman–Crippen LogP) is 1.71. The maximum Gasteiger partial charge on any atom is 0.275 e.